The molecule has 9 heteroatoms. The second-order valence-corrected chi connectivity index (χ2v) is 6.62. The number of carbonyl (C=O) groups is 1. The second-order valence-electron chi connectivity index (χ2n) is 6.62. The highest BCUT2D eigenvalue weighted by molar-refractivity contribution is 6.00. The lowest BCUT2D eigenvalue weighted by Gasteiger charge is -2.45. The van der Waals surface area contributed by atoms with Crippen LogP contribution in [0.15, 0.2) is 40.5 Å². The van der Waals surface area contributed by atoms with Crippen molar-refractivity contribution in [2.24, 2.45) is 21.6 Å². The molecule has 0 aliphatic carbocycles. The van der Waals surface area contributed by atoms with Crippen molar-refractivity contribution in [2.45, 2.75) is 18.3 Å². The van der Waals surface area contributed by atoms with Gasteiger partial charge in [0.1, 0.15) is 17.1 Å². The minimum absolute atomic E-state index is 0.0381. The SMILES string of the molecule is CN1C(=O)C2CCOCC2(c2cc(OC3N=CC=CN3)ccc2F)N=C1N. The zero-order chi connectivity index (χ0) is 19.0. The third-order valence-corrected chi connectivity index (χ3v) is 5.03. The Balaban J connectivity index is 1.76. The number of carbonyl (C=O) groups excluding carboxylic acids is 1. The van der Waals surface area contributed by atoms with Crippen LogP contribution in [0.2, 0.25) is 0 Å². The number of benzene rings is 1. The van der Waals surface area contributed by atoms with Gasteiger partial charge in [-0.05, 0) is 30.7 Å². The van der Waals surface area contributed by atoms with Crippen molar-refractivity contribution < 1.29 is 18.7 Å². The molecule has 0 saturated carbocycles. The quantitative estimate of drug-likeness (QED) is 0.812. The number of guanidine groups is 1. The van der Waals surface area contributed by atoms with Gasteiger partial charge in [-0.25, -0.2) is 14.4 Å². The van der Waals surface area contributed by atoms with Gasteiger partial charge in [0.25, 0.3) is 6.35 Å². The molecule has 142 valence electrons. The molecule has 0 bridgehead atoms. The number of amides is 1. The average Bonchev–Trinajstić information content (AvgIpc) is 2.68. The summed E-state index contributed by atoms with van der Waals surface area (Å²) in [5.74, 6) is -0.805. The number of hydrogen-bond donors (Lipinski definition) is 2. The molecular weight excluding hydrogens is 353 g/mol. The molecule has 1 aromatic carbocycles. The highest BCUT2D eigenvalue weighted by atomic mass is 19.1. The number of hydrogen-bond acceptors (Lipinski definition) is 7. The molecule has 3 heterocycles. The topological polar surface area (TPSA) is 102 Å². The summed E-state index contributed by atoms with van der Waals surface area (Å²) >= 11 is 0. The molecule has 3 unspecified atom stereocenters. The third-order valence-electron chi connectivity index (χ3n) is 5.03. The first-order valence-corrected chi connectivity index (χ1v) is 8.63. The second kappa shape index (κ2) is 6.66. The number of halogens is 1. The van der Waals surface area contributed by atoms with Crippen LogP contribution in [0.4, 0.5) is 4.39 Å². The number of nitrogens with two attached hydrogens (primary N) is 1. The van der Waals surface area contributed by atoms with Gasteiger partial charge >= 0.3 is 0 Å². The van der Waals surface area contributed by atoms with Crippen LogP contribution in [0, 0.1) is 11.7 Å². The maximum Gasteiger partial charge on any atom is 0.267 e. The van der Waals surface area contributed by atoms with E-state index in [9.17, 15) is 9.18 Å². The minimum atomic E-state index is -1.21. The summed E-state index contributed by atoms with van der Waals surface area (Å²) in [6.45, 7) is 0.479. The Morgan fingerprint density at radius 3 is 3.11 bits per heavy atom. The van der Waals surface area contributed by atoms with E-state index in [1.54, 1.807) is 31.6 Å². The monoisotopic (exact) mass is 373 g/mol. The number of rotatable bonds is 3. The van der Waals surface area contributed by atoms with Crippen molar-refractivity contribution in [1.82, 2.24) is 10.2 Å². The standard InChI is InChI=1S/C18H20FN5O3/c1-24-15(25)12-5-8-26-10-18(12,23-16(24)20)13-9-11(3-4-14(13)19)27-17-21-6-2-7-22-17/h2-4,6-7,9,12,17,21H,5,8,10H2,1H3,(H2,20,23). The molecule has 3 atom stereocenters. The van der Waals surface area contributed by atoms with Crippen molar-refractivity contribution in [3.05, 3.63) is 41.9 Å². The van der Waals surface area contributed by atoms with E-state index in [4.69, 9.17) is 15.2 Å². The van der Waals surface area contributed by atoms with Crippen LogP contribution in [-0.2, 0) is 15.1 Å². The van der Waals surface area contributed by atoms with Gasteiger partial charge < -0.3 is 20.5 Å². The number of nitrogens with zero attached hydrogens (tertiary/aromatic N) is 3. The normalized spacial score (nSPS) is 29.8. The third kappa shape index (κ3) is 2.93. The van der Waals surface area contributed by atoms with Crippen LogP contribution in [0.5, 0.6) is 5.75 Å². The van der Waals surface area contributed by atoms with Gasteiger partial charge in [0, 0.05) is 31.6 Å². The summed E-state index contributed by atoms with van der Waals surface area (Å²) < 4.78 is 26.2. The number of nitrogens with one attached hydrogen (secondary N) is 1. The van der Waals surface area contributed by atoms with Gasteiger partial charge in [0.05, 0.1) is 12.5 Å². The maximum atomic E-state index is 14.8. The van der Waals surface area contributed by atoms with Crippen molar-refractivity contribution >= 4 is 18.1 Å². The largest absolute Gasteiger partial charge is 0.451 e. The van der Waals surface area contributed by atoms with E-state index in [1.165, 1.54) is 17.0 Å². The summed E-state index contributed by atoms with van der Waals surface area (Å²) in [6.07, 6.45) is 4.86. The number of ether oxygens (including phenoxy) is 2. The zero-order valence-electron chi connectivity index (χ0n) is 14.8. The molecule has 1 saturated heterocycles. The lowest BCUT2D eigenvalue weighted by atomic mass is 9.74. The molecule has 0 aromatic heterocycles. The predicted molar refractivity (Wildman–Crippen MR) is 96.6 cm³/mol. The van der Waals surface area contributed by atoms with Gasteiger partial charge in [0.2, 0.25) is 5.91 Å². The first kappa shape index (κ1) is 17.5. The van der Waals surface area contributed by atoms with Gasteiger partial charge in [-0.1, -0.05) is 0 Å². The lowest BCUT2D eigenvalue weighted by molar-refractivity contribution is -0.140. The molecule has 3 aliphatic heterocycles. The molecular formula is C18H20FN5O3. The van der Waals surface area contributed by atoms with Crippen LogP contribution in [0.1, 0.15) is 12.0 Å². The van der Waals surface area contributed by atoms with E-state index in [1.807, 2.05) is 0 Å². The molecule has 1 fully saturated rings. The molecule has 0 radical (unpaired) electrons. The minimum Gasteiger partial charge on any atom is -0.451 e. The van der Waals surface area contributed by atoms with Crippen LogP contribution < -0.4 is 15.8 Å². The van der Waals surface area contributed by atoms with E-state index in [0.29, 0.717) is 18.8 Å². The van der Waals surface area contributed by atoms with Crippen molar-refractivity contribution in [2.75, 3.05) is 20.3 Å². The fraction of sp³-hybridized carbons (Fsp3) is 0.389. The molecule has 27 heavy (non-hydrogen) atoms. The molecule has 1 aromatic rings. The Hall–Kier alpha value is -2.94. The van der Waals surface area contributed by atoms with Crippen molar-refractivity contribution in [3.8, 4) is 5.75 Å². The molecule has 8 nitrogen and oxygen atoms in total. The van der Waals surface area contributed by atoms with Gasteiger partial charge in [-0.2, -0.15) is 0 Å². The molecule has 4 rings (SSSR count). The predicted octanol–water partition coefficient (Wildman–Crippen LogP) is 0.694. The van der Waals surface area contributed by atoms with Crippen molar-refractivity contribution in [1.29, 1.82) is 0 Å². The van der Waals surface area contributed by atoms with Crippen LogP contribution in [-0.4, -0.2) is 49.6 Å². The maximum absolute atomic E-state index is 14.8. The van der Waals surface area contributed by atoms with Gasteiger partial charge in [0.15, 0.2) is 5.96 Å². The van der Waals surface area contributed by atoms with E-state index < -0.39 is 23.6 Å². The van der Waals surface area contributed by atoms with E-state index >= 15 is 0 Å². The van der Waals surface area contributed by atoms with Crippen molar-refractivity contribution in [3.63, 3.8) is 0 Å². The Kier molecular flexibility index (Phi) is 4.31. The highest BCUT2D eigenvalue weighted by Gasteiger charge is 2.52. The molecule has 0 spiro atoms. The fourth-order valence-electron chi connectivity index (χ4n) is 3.61. The summed E-state index contributed by atoms with van der Waals surface area (Å²) in [7, 11) is 1.57. The molecule has 1 amide bonds. The average molecular weight is 373 g/mol. The Morgan fingerprint density at radius 1 is 1.48 bits per heavy atom. The highest BCUT2D eigenvalue weighted by Crippen LogP contribution is 2.44. The van der Waals surface area contributed by atoms with Crippen LogP contribution in [0.3, 0.4) is 0 Å². The fourth-order valence-corrected chi connectivity index (χ4v) is 3.61. The zero-order valence-corrected chi connectivity index (χ0v) is 14.8. The number of fused-ring (bicyclic) bond motifs is 1. The van der Waals surface area contributed by atoms with E-state index in [-0.39, 0.29) is 24.0 Å². The Morgan fingerprint density at radius 2 is 2.33 bits per heavy atom. The van der Waals surface area contributed by atoms with E-state index in [2.05, 4.69) is 15.3 Å². The smallest absolute Gasteiger partial charge is 0.267 e. The molecule has 3 aliphatic rings. The summed E-state index contributed by atoms with van der Waals surface area (Å²) in [5.41, 5.74) is 4.96. The Labute approximate surface area is 155 Å². The first-order chi connectivity index (χ1) is 13.0. The Bertz CT molecular complexity index is 855. The summed E-state index contributed by atoms with van der Waals surface area (Å²) in [5, 5.41) is 2.93. The summed E-state index contributed by atoms with van der Waals surface area (Å²) in [4.78, 5) is 22.7. The first-order valence-electron chi connectivity index (χ1n) is 8.63. The number of aliphatic imine (C=N–C) groups is 2. The lowest BCUT2D eigenvalue weighted by Crippen LogP contribution is -2.58. The van der Waals surface area contributed by atoms with Crippen LogP contribution in [0.25, 0.3) is 0 Å². The van der Waals surface area contributed by atoms with Crippen LogP contribution >= 0.6 is 0 Å². The van der Waals surface area contributed by atoms with E-state index in [0.717, 1.165) is 0 Å². The van der Waals surface area contributed by atoms with Gasteiger partial charge in [-0.15, -0.1) is 0 Å². The summed E-state index contributed by atoms with van der Waals surface area (Å²) in [6, 6.07) is 4.34. The van der Waals surface area contributed by atoms with Gasteiger partial charge in [-0.3, -0.25) is 9.69 Å². The number of allylic oxidation sites excluding steroid dienone is 1. The molecule has 3 N–H and O–H groups in total.